The van der Waals surface area contributed by atoms with E-state index < -0.39 is 6.04 Å². The minimum absolute atomic E-state index is 0.200. The maximum absolute atomic E-state index is 11.9. The molecule has 5 nitrogen and oxygen atoms in total. The van der Waals surface area contributed by atoms with Gasteiger partial charge in [-0.3, -0.25) is 4.79 Å². The third-order valence-corrected chi connectivity index (χ3v) is 3.59. The summed E-state index contributed by atoms with van der Waals surface area (Å²) in [6.07, 6.45) is 0. The molecule has 2 aromatic rings. The number of nitrogens with zero attached hydrogens (tertiary/aromatic N) is 1. The van der Waals surface area contributed by atoms with Gasteiger partial charge in [-0.1, -0.05) is 42.5 Å². The number of carbonyl (C=O) groups excluding carboxylic acids is 1. The molecule has 0 aliphatic heterocycles. The van der Waals surface area contributed by atoms with Gasteiger partial charge in [0.1, 0.15) is 0 Å². The van der Waals surface area contributed by atoms with E-state index in [1.54, 1.807) is 12.2 Å². The molecule has 0 saturated heterocycles. The minimum Gasteiger partial charge on any atom is -0.468 e. The Bertz CT molecular complexity index is 624. The van der Waals surface area contributed by atoms with Crippen LogP contribution >= 0.6 is 0 Å². The van der Waals surface area contributed by atoms with Gasteiger partial charge in [0.2, 0.25) is 0 Å². The van der Waals surface area contributed by atoms with Crippen molar-refractivity contribution < 1.29 is 19.1 Å². The highest BCUT2D eigenvalue weighted by atomic mass is 16.7. The van der Waals surface area contributed by atoms with Crippen LogP contribution in [0, 0.1) is 0 Å². The van der Waals surface area contributed by atoms with Gasteiger partial charge in [0.05, 0.1) is 27.4 Å². The molecule has 0 aliphatic carbocycles. The van der Waals surface area contributed by atoms with Gasteiger partial charge in [-0.15, -0.1) is 0 Å². The van der Waals surface area contributed by atoms with Crippen molar-refractivity contribution in [2.45, 2.75) is 12.6 Å². The van der Waals surface area contributed by atoms with Crippen molar-refractivity contribution in [1.82, 2.24) is 5.06 Å². The maximum atomic E-state index is 11.9. The summed E-state index contributed by atoms with van der Waals surface area (Å²) in [7, 11) is 4.44. The largest absolute Gasteiger partial charge is 0.468 e. The van der Waals surface area contributed by atoms with Gasteiger partial charge in [-0.25, -0.2) is 0 Å². The molecule has 0 aliphatic rings. The second-order valence-corrected chi connectivity index (χ2v) is 4.89. The molecular formula is C17H21NO4. The van der Waals surface area contributed by atoms with E-state index in [-0.39, 0.29) is 12.6 Å². The molecule has 0 radical (unpaired) electrons. The second-order valence-electron chi connectivity index (χ2n) is 4.89. The fraction of sp³-hybridized carbons (Fsp3) is 0.353. The topological polar surface area (TPSA) is 48.0 Å². The van der Waals surface area contributed by atoms with E-state index in [4.69, 9.17) is 14.3 Å². The van der Waals surface area contributed by atoms with Crippen molar-refractivity contribution in [2.75, 3.05) is 27.9 Å². The number of hydroxylamine groups is 2. The smallest absolute Gasteiger partial charge is 0.327 e. The average Bonchev–Trinajstić information content (AvgIpc) is 2.57. The van der Waals surface area contributed by atoms with E-state index in [2.05, 4.69) is 18.2 Å². The van der Waals surface area contributed by atoms with Crippen LogP contribution < -0.4 is 0 Å². The number of methoxy groups -OCH3 is 2. The first-order valence-electron chi connectivity index (χ1n) is 7.05. The summed E-state index contributed by atoms with van der Waals surface area (Å²) in [4.78, 5) is 17.3. The van der Waals surface area contributed by atoms with Gasteiger partial charge in [-0.05, 0) is 16.3 Å². The van der Waals surface area contributed by atoms with Gasteiger partial charge >= 0.3 is 5.97 Å². The molecule has 2 rings (SSSR count). The van der Waals surface area contributed by atoms with Crippen molar-refractivity contribution >= 4 is 16.7 Å². The van der Waals surface area contributed by atoms with E-state index in [1.807, 2.05) is 24.3 Å². The standard InChI is InChI=1S/C17H21NO4/c1-20-12-16(17(19)21-2)18(22-3)11-14-9-6-8-13-7-4-5-10-15(13)14/h4-10,16H,11-12H2,1-3H3. The van der Waals surface area contributed by atoms with Crippen LogP contribution in [0.5, 0.6) is 0 Å². The zero-order chi connectivity index (χ0) is 15.9. The first kappa shape index (κ1) is 16.4. The molecule has 0 fully saturated rings. The number of rotatable bonds is 7. The van der Waals surface area contributed by atoms with Crippen molar-refractivity contribution in [1.29, 1.82) is 0 Å². The number of benzene rings is 2. The van der Waals surface area contributed by atoms with Crippen LogP contribution in [0.15, 0.2) is 42.5 Å². The minimum atomic E-state index is -0.612. The lowest BCUT2D eigenvalue weighted by atomic mass is 10.0. The zero-order valence-electron chi connectivity index (χ0n) is 13.1. The van der Waals surface area contributed by atoms with Crippen LogP contribution in [-0.4, -0.2) is 45.0 Å². The van der Waals surface area contributed by atoms with Crippen molar-refractivity contribution in [2.24, 2.45) is 0 Å². The van der Waals surface area contributed by atoms with Crippen molar-refractivity contribution in [3.05, 3.63) is 48.0 Å². The molecule has 22 heavy (non-hydrogen) atoms. The van der Waals surface area contributed by atoms with Crippen LogP contribution in [0.3, 0.4) is 0 Å². The first-order valence-corrected chi connectivity index (χ1v) is 7.05. The Hall–Kier alpha value is -1.95. The van der Waals surface area contributed by atoms with Crippen LogP contribution in [0.4, 0.5) is 0 Å². The third-order valence-electron chi connectivity index (χ3n) is 3.59. The Morgan fingerprint density at radius 1 is 1.09 bits per heavy atom. The fourth-order valence-corrected chi connectivity index (χ4v) is 2.46. The second kappa shape index (κ2) is 7.89. The van der Waals surface area contributed by atoms with E-state index in [0.29, 0.717) is 6.54 Å². The summed E-state index contributed by atoms with van der Waals surface area (Å²) >= 11 is 0. The predicted octanol–water partition coefficient (Wildman–Crippen LogP) is 2.39. The Balaban J connectivity index is 2.29. The lowest BCUT2D eigenvalue weighted by Crippen LogP contribution is -2.43. The molecule has 0 aromatic heterocycles. The molecule has 1 atom stereocenters. The molecule has 2 aromatic carbocycles. The number of esters is 1. The number of hydrogen-bond donors (Lipinski definition) is 0. The Kier molecular flexibility index (Phi) is 5.89. The molecule has 118 valence electrons. The molecule has 0 N–H and O–H groups in total. The fourth-order valence-electron chi connectivity index (χ4n) is 2.46. The molecule has 0 spiro atoms. The summed E-state index contributed by atoms with van der Waals surface area (Å²) in [5, 5.41) is 3.86. The lowest BCUT2D eigenvalue weighted by molar-refractivity contribution is -0.197. The van der Waals surface area contributed by atoms with Crippen molar-refractivity contribution in [3.8, 4) is 0 Å². The number of ether oxygens (including phenoxy) is 2. The molecular weight excluding hydrogens is 282 g/mol. The van der Waals surface area contributed by atoms with E-state index >= 15 is 0 Å². The van der Waals surface area contributed by atoms with Crippen LogP contribution in [0.1, 0.15) is 5.56 Å². The van der Waals surface area contributed by atoms with Crippen LogP contribution in [0.25, 0.3) is 10.8 Å². The first-order chi connectivity index (χ1) is 10.7. The third kappa shape index (κ3) is 3.62. The summed E-state index contributed by atoms with van der Waals surface area (Å²) in [5.41, 5.74) is 1.07. The van der Waals surface area contributed by atoms with Gasteiger partial charge in [0, 0.05) is 7.11 Å². The Morgan fingerprint density at radius 3 is 2.50 bits per heavy atom. The van der Waals surface area contributed by atoms with Gasteiger partial charge in [0.15, 0.2) is 6.04 Å². The van der Waals surface area contributed by atoms with Gasteiger partial charge in [0.25, 0.3) is 0 Å². The molecule has 0 saturated carbocycles. The van der Waals surface area contributed by atoms with Gasteiger partial charge < -0.3 is 14.3 Å². The van der Waals surface area contributed by atoms with Crippen LogP contribution in [-0.2, 0) is 25.7 Å². The quantitative estimate of drug-likeness (QED) is 0.580. The Labute approximate surface area is 130 Å². The number of carbonyl (C=O) groups is 1. The lowest BCUT2D eigenvalue weighted by Gasteiger charge is -2.27. The summed E-state index contributed by atoms with van der Waals surface area (Å²) in [6.45, 7) is 0.659. The predicted molar refractivity (Wildman–Crippen MR) is 84.2 cm³/mol. The molecule has 0 amide bonds. The van der Waals surface area contributed by atoms with Crippen LogP contribution in [0.2, 0.25) is 0 Å². The average molecular weight is 303 g/mol. The SMILES string of the molecule is COCC(C(=O)OC)N(Cc1cccc2ccccc12)OC. The van der Waals surface area contributed by atoms with E-state index in [1.165, 1.54) is 14.2 Å². The summed E-state index contributed by atoms with van der Waals surface area (Å²) < 4.78 is 9.94. The normalized spacial score (nSPS) is 12.5. The molecule has 5 heteroatoms. The van der Waals surface area contributed by atoms with Crippen molar-refractivity contribution in [3.63, 3.8) is 0 Å². The van der Waals surface area contributed by atoms with E-state index in [9.17, 15) is 4.79 Å². The maximum Gasteiger partial charge on any atom is 0.327 e. The highest BCUT2D eigenvalue weighted by Gasteiger charge is 2.27. The molecule has 0 heterocycles. The number of fused-ring (bicyclic) bond motifs is 1. The number of hydrogen-bond acceptors (Lipinski definition) is 5. The van der Waals surface area contributed by atoms with E-state index in [0.717, 1.165) is 16.3 Å². The summed E-state index contributed by atoms with van der Waals surface area (Å²) in [6, 6.07) is 13.6. The highest BCUT2D eigenvalue weighted by Crippen LogP contribution is 2.21. The van der Waals surface area contributed by atoms with Gasteiger partial charge in [-0.2, -0.15) is 5.06 Å². The summed E-state index contributed by atoms with van der Waals surface area (Å²) in [5.74, 6) is -0.385. The monoisotopic (exact) mass is 303 g/mol. The molecule has 0 bridgehead atoms. The zero-order valence-corrected chi connectivity index (χ0v) is 13.1. The molecule has 1 unspecified atom stereocenters. The highest BCUT2D eigenvalue weighted by molar-refractivity contribution is 5.85. The Morgan fingerprint density at radius 2 is 1.82 bits per heavy atom.